The van der Waals surface area contributed by atoms with Crippen molar-refractivity contribution in [3.8, 4) is 0 Å². The van der Waals surface area contributed by atoms with Gasteiger partial charge in [0.25, 0.3) is 0 Å². The molecule has 10 heavy (non-hydrogen) atoms. The summed E-state index contributed by atoms with van der Waals surface area (Å²) >= 11 is 0. The molecule has 0 heterocycles. The van der Waals surface area contributed by atoms with Gasteiger partial charge in [-0.25, -0.2) is 4.79 Å². The lowest BCUT2D eigenvalue weighted by molar-refractivity contribution is -0.175. The average Bonchev–Trinajstić information content (AvgIpc) is 1.82. The maximum absolute atomic E-state index is 10.2. The van der Waals surface area contributed by atoms with Crippen molar-refractivity contribution in [3.05, 3.63) is 0 Å². The zero-order chi connectivity index (χ0) is 8.15. The van der Waals surface area contributed by atoms with Gasteiger partial charge >= 0.3 is 5.97 Å². The Morgan fingerprint density at radius 2 is 2.00 bits per heavy atom. The molecule has 1 atom stereocenters. The fourth-order valence-electron chi connectivity index (χ4n) is 0.304. The maximum atomic E-state index is 10.2. The van der Waals surface area contributed by atoms with Gasteiger partial charge in [0.2, 0.25) is 5.78 Å². The number of rotatable bonds is 4. The van der Waals surface area contributed by atoms with Crippen LogP contribution in [0.2, 0.25) is 0 Å². The predicted molar refractivity (Wildman–Crippen MR) is 31.3 cm³/mol. The first-order valence-electron chi connectivity index (χ1n) is 2.43. The molecule has 0 amide bonds. The number of hydrogen-bond donors (Lipinski definition) is 2. The molecule has 0 bridgehead atoms. The van der Waals surface area contributed by atoms with Gasteiger partial charge in [-0.15, -0.1) is 0 Å². The van der Waals surface area contributed by atoms with Crippen LogP contribution in [0.4, 0.5) is 0 Å². The Morgan fingerprint density at radius 3 is 2.30 bits per heavy atom. The van der Waals surface area contributed by atoms with Crippen molar-refractivity contribution in [2.75, 3.05) is 6.16 Å². The van der Waals surface area contributed by atoms with Gasteiger partial charge in [-0.05, 0) is 6.16 Å². The molecule has 2 N–H and O–H groups in total. The number of carboxylic acids is 1. The Balaban J connectivity index is 3.50. The van der Waals surface area contributed by atoms with Crippen LogP contribution in [-0.2, 0) is 9.59 Å². The Kier molecular flexibility index (Phi) is 4.11. The second kappa shape index (κ2) is 4.33. The minimum atomic E-state index is -2.39. The van der Waals surface area contributed by atoms with Crippen molar-refractivity contribution in [2.24, 2.45) is 0 Å². The van der Waals surface area contributed by atoms with E-state index in [0.717, 1.165) is 0 Å². The molecule has 58 valence electrons. The fourth-order valence-corrected chi connectivity index (χ4v) is 0.698. The third-order valence-electron chi connectivity index (χ3n) is 0.769. The van der Waals surface area contributed by atoms with E-state index in [2.05, 4.69) is 0 Å². The zero-order valence-corrected chi connectivity index (χ0v) is 5.88. The lowest BCUT2D eigenvalue weighted by atomic mass is 10.3. The van der Waals surface area contributed by atoms with Crippen LogP contribution in [0.1, 0.15) is 6.42 Å². The highest BCUT2D eigenvalue weighted by molar-refractivity contribution is 7.43. The van der Waals surface area contributed by atoms with Gasteiger partial charge in [0.1, 0.15) is 0 Å². The Hall–Kier alpha value is -0.510. The molecule has 0 spiro atoms. The summed E-state index contributed by atoms with van der Waals surface area (Å²) in [5.74, 6) is -2.59. The van der Waals surface area contributed by atoms with Crippen molar-refractivity contribution in [1.29, 1.82) is 0 Å². The highest BCUT2D eigenvalue weighted by Crippen LogP contribution is 2.17. The van der Waals surface area contributed by atoms with Crippen LogP contribution in [0.15, 0.2) is 0 Å². The first-order chi connectivity index (χ1) is 4.54. The van der Waals surface area contributed by atoms with Gasteiger partial charge in [-0.2, -0.15) is 0 Å². The van der Waals surface area contributed by atoms with E-state index in [1.807, 2.05) is 0 Å². The van der Waals surface area contributed by atoms with Gasteiger partial charge in [-0.1, -0.05) is 8.38 Å². The van der Waals surface area contributed by atoms with Crippen LogP contribution in [-0.4, -0.2) is 27.9 Å². The van der Waals surface area contributed by atoms with E-state index < -0.39 is 20.1 Å². The summed E-state index contributed by atoms with van der Waals surface area (Å²) in [5, 5.41) is 7.97. The lowest BCUT2D eigenvalue weighted by Gasteiger charge is -2.11. The highest BCUT2D eigenvalue weighted by atomic mass is 31.2. The fraction of sp³-hybridized carbons (Fsp3) is 0.500. The quantitative estimate of drug-likeness (QED) is 0.398. The van der Waals surface area contributed by atoms with Gasteiger partial charge in [-0.3, -0.25) is 4.79 Å². The van der Waals surface area contributed by atoms with Crippen LogP contribution >= 0.6 is 8.38 Å². The number of carboxylic acid groups (broad SMARTS) is 1. The van der Waals surface area contributed by atoms with E-state index in [1.54, 1.807) is 0 Å². The van der Waals surface area contributed by atoms with Crippen molar-refractivity contribution in [1.82, 2.24) is 0 Å². The van der Waals surface area contributed by atoms with Crippen molar-refractivity contribution < 1.29 is 24.5 Å². The monoisotopic (exact) mass is 165 g/mol. The minimum absolute atomic E-state index is 0.277. The summed E-state index contributed by atoms with van der Waals surface area (Å²) in [5.41, 5.74) is 0. The Morgan fingerprint density at radius 1 is 1.50 bits per heavy atom. The van der Waals surface area contributed by atoms with E-state index in [4.69, 9.17) is 10.00 Å². The number of ketones is 1. The molecular formula is C4H6O5P-. The third kappa shape index (κ3) is 4.38. The largest absolute Gasteiger partial charge is 0.808 e. The summed E-state index contributed by atoms with van der Waals surface area (Å²) in [6, 6.07) is 0. The summed E-state index contributed by atoms with van der Waals surface area (Å²) < 4.78 is 0. The summed E-state index contributed by atoms with van der Waals surface area (Å²) in [4.78, 5) is 38.1. The molecule has 0 aromatic heterocycles. The molecule has 0 radical (unpaired) electrons. The van der Waals surface area contributed by atoms with Gasteiger partial charge in [0.15, 0.2) is 0 Å². The number of Topliss-reactive ketones (excluding diaryl/α,β-unsaturated/α-hetero) is 1. The summed E-state index contributed by atoms with van der Waals surface area (Å²) in [7, 11) is -2.39. The lowest BCUT2D eigenvalue weighted by Crippen LogP contribution is -2.14. The van der Waals surface area contributed by atoms with E-state index in [1.165, 1.54) is 0 Å². The van der Waals surface area contributed by atoms with Gasteiger partial charge in [0, 0.05) is 6.42 Å². The van der Waals surface area contributed by atoms with E-state index in [-0.39, 0.29) is 12.6 Å². The van der Waals surface area contributed by atoms with Crippen molar-refractivity contribution >= 4 is 20.1 Å². The first-order valence-corrected chi connectivity index (χ1v) is 3.83. The average molecular weight is 165 g/mol. The van der Waals surface area contributed by atoms with Crippen LogP contribution in [0, 0.1) is 0 Å². The van der Waals surface area contributed by atoms with E-state index in [9.17, 15) is 14.5 Å². The summed E-state index contributed by atoms with van der Waals surface area (Å²) in [6.45, 7) is 0. The standard InChI is InChI=1S/C4H6O5P/c5-3(4(6)7)1-2-10(8)9/h8H,1-2H2,(H,6,7)/q-1. The molecule has 0 rings (SSSR count). The molecule has 6 heteroatoms. The highest BCUT2D eigenvalue weighted by Gasteiger charge is 2.09. The molecule has 0 saturated carbocycles. The normalized spacial score (nSPS) is 12.6. The van der Waals surface area contributed by atoms with Crippen molar-refractivity contribution in [2.45, 2.75) is 6.42 Å². The third-order valence-corrected chi connectivity index (χ3v) is 1.37. The molecule has 0 aromatic rings. The number of carbonyl (C=O) groups is 2. The summed E-state index contributed by atoms with van der Waals surface area (Å²) in [6.07, 6.45) is -0.651. The molecule has 5 nitrogen and oxygen atoms in total. The molecule has 0 aliphatic carbocycles. The van der Waals surface area contributed by atoms with E-state index >= 15 is 0 Å². The maximum Gasteiger partial charge on any atom is 0.372 e. The molecule has 1 unspecified atom stereocenters. The molecule has 0 aliphatic rings. The van der Waals surface area contributed by atoms with Gasteiger partial charge in [0.05, 0.1) is 0 Å². The molecule has 0 fully saturated rings. The van der Waals surface area contributed by atoms with E-state index in [0.29, 0.717) is 0 Å². The smallest absolute Gasteiger partial charge is 0.372 e. The number of aliphatic carboxylic acids is 1. The predicted octanol–water partition coefficient (Wildman–Crippen LogP) is -1.31. The Labute approximate surface area is 58.2 Å². The van der Waals surface area contributed by atoms with Gasteiger partial charge < -0.3 is 14.9 Å². The van der Waals surface area contributed by atoms with Crippen LogP contribution in [0.3, 0.4) is 0 Å². The molecular weight excluding hydrogens is 159 g/mol. The molecule has 0 aromatic carbocycles. The molecule has 0 aliphatic heterocycles. The van der Waals surface area contributed by atoms with Crippen LogP contribution < -0.4 is 4.89 Å². The topological polar surface area (TPSA) is 97.7 Å². The second-order valence-electron chi connectivity index (χ2n) is 1.55. The molecule has 0 saturated heterocycles. The first kappa shape index (κ1) is 9.49. The van der Waals surface area contributed by atoms with Crippen molar-refractivity contribution in [3.63, 3.8) is 0 Å². The SMILES string of the molecule is O=C(O)C(=O)CCP([O-])O. The number of carbonyl (C=O) groups excluding carboxylic acids is 1. The van der Waals surface area contributed by atoms with Crippen LogP contribution in [0.5, 0.6) is 0 Å². The zero-order valence-electron chi connectivity index (χ0n) is 4.98. The minimum Gasteiger partial charge on any atom is -0.808 e. The number of hydrogen-bond acceptors (Lipinski definition) is 4. The second-order valence-corrected chi connectivity index (χ2v) is 2.71. The Bertz CT molecular complexity index is 143. The van der Waals surface area contributed by atoms with Crippen LogP contribution in [0.25, 0.3) is 0 Å².